The average molecular weight is 506 g/mol. The van der Waals surface area contributed by atoms with E-state index in [1.54, 1.807) is 0 Å². The minimum atomic E-state index is -0.609. The molecule has 37 heavy (non-hydrogen) atoms. The first-order valence-corrected chi connectivity index (χ1v) is 12.6. The summed E-state index contributed by atoms with van der Waals surface area (Å²) in [4.78, 5) is 12.3. The Kier molecular flexibility index (Phi) is 10.2. The molecule has 0 spiro atoms. The van der Waals surface area contributed by atoms with Crippen LogP contribution in [0.5, 0.6) is 0 Å². The Hall–Kier alpha value is -3.07. The number of hydrogen-bond acceptors (Lipinski definition) is 7. The second-order valence-corrected chi connectivity index (χ2v) is 9.01. The Labute approximate surface area is 218 Å². The van der Waals surface area contributed by atoms with Crippen LogP contribution in [0.15, 0.2) is 91.0 Å². The number of ether oxygens (including phenoxy) is 5. The van der Waals surface area contributed by atoms with Crippen molar-refractivity contribution in [3.05, 3.63) is 108 Å². The zero-order valence-electron chi connectivity index (χ0n) is 21.1. The van der Waals surface area contributed by atoms with E-state index >= 15 is 0 Å². The Morgan fingerprint density at radius 3 is 1.49 bits per heavy atom. The first-order chi connectivity index (χ1) is 18.2. The fraction of sp³-hybridized carbons (Fsp3) is 0.367. The summed E-state index contributed by atoms with van der Waals surface area (Å²) in [7, 11) is 1.36. The SMILES string of the molecule is COC(=O)C[C@@H]1O[C@H](CN)[C@@H](OCc2ccccc2)[C@H](OCc2ccccc2)[C@H]1OCc1ccccc1. The van der Waals surface area contributed by atoms with Crippen LogP contribution in [0, 0.1) is 0 Å². The third kappa shape index (κ3) is 7.71. The third-order valence-corrected chi connectivity index (χ3v) is 6.41. The van der Waals surface area contributed by atoms with Gasteiger partial charge in [0.25, 0.3) is 0 Å². The molecule has 196 valence electrons. The maximum atomic E-state index is 12.3. The molecule has 0 aliphatic carbocycles. The Balaban J connectivity index is 1.61. The molecule has 5 atom stereocenters. The summed E-state index contributed by atoms with van der Waals surface area (Å²) < 4.78 is 30.6. The molecule has 0 aromatic heterocycles. The molecular weight excluding hydrogens is 470 g/mol. The van der Waals surface area contributed by atoms with Gasteiger partial charge in [-0.25, -0.2) is 0 Å². The fourth-order valence-corrected chi connectivity index (χ4v) is 4.49. The molecule has 7 heteroatoms. The number of rotatable bonds is 12. The highest BCUT2D eigenvalue weighted by atomic mass is 16.6. The molecule has 0 saturated carbocycles. The standard InChI is InChI=1S/C30H35NO6/c1-33-27(32)17-25-28(34-19-22-11-5-2-6-12-22)30(36-21-24-15-9-4-10-16-24)29(26(18-31)37-25)35-20-23-13-7-3-8-14-23/h2-16,25-26,28-30H,17-21,31H2,1H3/t25-,26+,28-,29+,30+/m0/s1. The number of esters is 1. The normalized spacial score (nSPS) is 23.5. The van der Waals surface area contributed by atoms with Crippen LogP contribution < -0.4 is 5.73 Å². The lowest BCUT2D eigenvalue weighted by molar-refractivity contribution is -0.263. The quantitative estimate of drug-likeness (QED) is 0.372. The monoisotopic (exact) mass is 505 g/mol. The minimum absolute atomic E-state index is 0.0169. The van der Waals surface area contributed by atoms with Crippen LogP contribution in [0.25, 0.3) is 0 Å². The summed E-state index contributed by atoms with van der Waals surface area (Å²) in [5.74, 6) is -0.389. The molecule has 3 aromatic carbocycles. The topological polar surface area (TPSA) is 89.2 Å². The number of benzene rings is 3. The van der Waals surface area contributed by atoms with Crippen LogP contribution in [-0.4, -0.2) is 50.1 Å². The predicted molar refractivity (Wildman–Crippen MR) is 139 cm³/mol. The fourth-order valence-electron chi connectivity index (χ4n) is 4.49. The summed E-state index contributed by atoms with van der Waals surface area (Å²) in [5, 5.41) is 0. The minimum Gasteiger partial charge on any atom is -0.469 e. The van der Waals surface area contributed by atoms with E-state index in [1.165, 1.54) is 7.11 Å². The van der Waals surface area contributed by atoms with Crippen molar-refractivity contribution in [2.45, 2.75) is 56.8 Å². The van der Waals surface area contributed by atoms with Crippen molar-refractivity contribution in [3.8, 4) is 0 Å². The first-order valence-electron chi connectivity index (χ1n) is 12.6. The molecule has 0 unspecified atom stereocenters. The number of nitrogens with two attached hydrogens (primary N) is 1. The zero-order valence-corrected chi connectivity index (χ0v) is 21.1. The second-order valence-electron chi connectivity index (χ2n) is 9.01. The van der Waals surface area contributed by atoms with Gasteiger partial charge in [-0.3, -0.25) is 4.79 Å². The average Bonchev–Trinajstić information content (AvgIpc) is 2.95. The second kappa shape index (κ2) is 14.0. The smallest absolute Gasteiger partial charge is 0.308 e. The predicted octanol–water partition coefficient (Wildman–Crippen LogP) is 4.03. The molecule has 1 aliphatic rings. The van der Waals surface area contributed by atoms with E-state index in [0.717, 1.165) is 16.7 Å². The van der Waals surface area contributed by atoms with Crippen molar-refractivity contribution in [1.29, 1.82) is 0 Å². The van der Waals surface area contributed by atoms with Gasteiger partial charge in [0.2, 0.25) is 0 Å². The van der Waals surface area contributed by atoms with E-state index < -0.39 is 30.5 Å². The molecular formula is C30H35NO6. The molecule has 4 rings (SSSR count). The highest BCUT2D eigenvalue weighted by molar-refractivity contribution is 5.69. The Morgan fingerprint density at radius 1 is 0.676 bits per heavy atom. The van der Waals surface area contributed by atoms with Crippen molar-refractivity contribution in [1.82, 2.24) is 0 Å². The summed E-state index contributed by atoms with van der Waals surface area (Å²) in [6.45, 7) is 1.25. The van der Waals surface area contributed by atoms with Crippen molar-refractivity contribution < 1.29 is 28.5 Å². The molecule has 0 radical (unpaired) electrons. The van der Waals surface area contributed by atoms with E-state index in [-0.39, 0.29) is 18.9 Å². The van der Waals surface area contributed by atoms with E-state index in [2.05, 4.69) is 0 Å². The number of methoxy groups -OCH3 is 1. The number of hydrogen-bond donors (Lipinski definition) is 1. The Bertz CT molecular complexity index is 1070. The van der Waals surface area contributed by atoms with Gasteiger partial charge >= 0.3 is 5.97 Å². The third-order valence-electron chi connectivity index (χ3n) is 6.41. The van der Waals surface area contributed by atoms with Crippen molar-refractivity contribution >= 4 is 5.97 Å². The summed E-state index contributed by atoms with van der Waals surface area (Å²) in [6.07, 6.45) is -2.72. The summed E-state index contributed by atoms with van der Waals surface area (Å²) in [5.41, 5.74) is 9.20. The summed E-state index contributed by atoms with van der Waals surface area (Å²) >= 11 is 0. The van der Waals surface area contributed by atoms with Gasteiger partial charge in [-0.2, -0.15) is 0 Å². The van der Waals surface area contributed by atoms with Crippen molar-refractivity contribution in [2.75, 3.05) is 13.7 Å². The van der Waals surface area contributed by atoms with Gasteiger partial charge in [-0.1, -0.05) is 91.0 Å². The van der Waals surface area contributed by atoms with Crippen LogP contribution in [0.1, 0.15) is 23.1 Å². The van der Waals surface area contributed by atoms with Gasteiger partial charge in [-0.15, -0.1) is 0 Å². The molecule has 1 heterocycles. The van der Waals surface area contributed by atoms with Crippen LogP contribution in [0.3, 0.4) is 0 Å². The summed E-state index contributed by atoms with van der Waals surface area (Å²) in [6, 6.07) is 29.7. The first kappa shape index (κ1) is 27.0. The maximum Gasteiger partial charge on any atom is 0.308 e. The van der Waals surface area contributed by atoms with Crippen molar-refractivity contribution in [2.24, 2.45) is 5.73 Å². The molecule has 1 saturated heterocycles. The largest absolute Gasteiger partial charge is 0.469 e. The van der Waals surface area contributed by atoms with E-state index in [9.17, 15) is 4.79 Å². The van der Waals surface area contributed by atoms with E-state index in [4.69, 9.17) is 29.4 Å². The van der Waals surface area contributed by atoms with Crippen LogP contribution in [-0.2, 0) is 48.3 Å². The lowest BCUT2D eigenvalue weighted by Gasteiger charge is -2.46. The van der Waals surface area contributed by atoms with Gasteiger partial charge in [0, 0.05) is 6.54 Å². The Morgan fingerprint density at radius 2 is 1.08 bits per heavy atom. The molecule has 1 fully saturated rings. The van der Waals surface area contributed by atoms with Gasteiger partial charge in [0.15, 0.2) is 0 Å². The lowest BCUT2D eigenvalue weighted by atomic mass is 9.92. The van der Waals surface area contributed by atoms with Gasteiger partial charge in [0.1, 0.15) is 18.3 Å². The van der Waals surface area contributed by atoms with Crippen LogP contribution >= 0.6 is 0 Å². The number of carbonyl (C=O) groups excluding carboxylic acids is 1. The lowest BCUT2D eigenvalue weighted by Crippen LogP contribution is -2.62. The van der Waals surface area contributed by atoms with Crippen LogP contribution in [0.2, 0.25) is 0 Å². The van der Waals surface area contributed by atoms with Crippen molar-refractivity contribution in [3.63, 3.8) is 0 Å². The maximum absolute atomic E-state index is 12.3. The van der Waals surface area contributed by atoms with E-state index in [1.807, 2.05) is 91.0 Å². The van der Waals surface area contributed by atoms with Gasteiger partial charge in [0.05, 0.1) is 45.6 Å². The molecule has 2 N–H and O–H groups in total. The molecule has 3 aromatic rings. The molecule has 0 amide bonds. The zero-order chi connectivity index (χ0) is 25.9. The van der Waals surface area contributed by atoms with Gasteiger partial charge in [-0.05, 0) is 16.7 Å². The molecule has 7 nitrogen and oxygen atoms in total. The highest BCUT2D eigenvalue weighted by Crippen LogP contribution is 2.31. The van der Waals surface area contributed by atoms with Crippen LogP contribution in [0.4, 0.5) is 0 Å². The van der Waals surface area contributed by atoms with E-state index in [0.29, 0.717) is 19.8 Å². The number of carbonyl (C=O) groups is 1. The molecule has 1 aliphatic heterocycles. The highest BCUT2D eigenvalue weighted by Gasteiger charge is 2.48. The van der Waals surface area contributed by atoms with Gasteiger partial charge < -0.3 is 29.4 Å². The molecule has 0 bridgehead atoms.